The van der Waals surface area contributed by atoms with Crippen molar-refractivity contribution in [2.24, 2.45) is 9.98 Å². The molecule has 0 amide bonds. The molecule has 31 heavy (non-hydrogen) atoms. The molecule has 3 aromatic heterocycles. The van der Waals surface area contributed by atoms with Crippen LogP contribution in [0.3, 0.4) is 0 Å². The molecule has 9 heteroatoms. The van der Waals surface area contributed by atoms with Gasteiger partial charge < -0.3 is 4.85 Å². The minimum absolute atomic E-state index is 0.0739. The fourth-order valence-electron chi connectivity index (χ4n) is 4.66. The third-order valence-corrected chi connectivity index (χ3v) is 9.34. The van der Waals surface area contributed by atoms with Crippen LogP contribution in [0.1, 0.15) is 43.2 Å². The number of rotatable bonds is 2. The highest BCUT2D eigenvalue weighted by atomic mass is 32.1. The summed E-state index contributed by atoms with van der Waals surface area (Å²) in [5, 5.41) is 28.6. The molecule has 0 aromatic carbocycles. The zero-order valence-corrected chi connectivity index (χ0v) is 18.5. The molecule has 3 heterocycles. The lowest BCUT2D eigenvalue weighted by Gasteiger charge is -2.34. The van der Waals surface area contributed by atoms with Crippen molar-refractivity contribution in [3.8, 4) is 28.0 Å². The third-order valence-electron chi connectivity index (χ3n) is 5.83. The maximum atomic E-state index is 9.09. The van der Waals surface area contributed by atoms with E-state index in [0.717, 1.165) is 30.4 Å². The van der Waals surface area contributed by atoms with Gasteiger partial charge in [0.25, 0.3) is 0 Å². The van der Waals surface area contributed by atoms with Crippen LogP contribution in [0.15, 0.2) is 22.1 Å². The molecule has 2 aliphatic carbocycles. The Balaban J connectivity index is 1.71. The fraction of sp³-hybridized carbons (Fsp3) is 0.273. The highest BCUT2D eigenvalue weighted by molar-refractivity contribution is 7.33. The molecule has 2 aliphatic rings. The average molecular weight is 457 g/mol. The lowest BCUT2D eigenvalue weighted by atomic mass is 9.68. The summed E-state index contributed by atoms with van der Waals surface area (Å²) in [4.78, 5) is 14.1. The van der Waals surface area contributed by atoms with Crippen LogP contribution < -0.4 is 0 Å². The second-order valence-corrected chi connectivity index (χ2v) is 10.5. The Morgan fingerprint density at radius 3 is 2.35 bits per heavy atom. The number of hydrogen-bond donors (Lipinski definition) is 0. The summed E-state index contributed by atoms with van der Waals surface area (Å²) < 4.78 is 2.32. The first-order chi connectivity index (χ1) is 15.1. The monoisotopic (exact) mass is 456 g/mol. The van der Waals surface area contributed by atoms with Crippen LogP contribution in [0.4, 0.5) is 10.0 Å². The quantitative estimate of drug-likeness (QED) is 0.239. The fourth-order valence-corrected chi connectivity index (χ4v) is 8.64. The van der Waals surface area contributed by atoms with Crippen molar-refractivity contribution in [2.75, 3.05) is 0 Å². The molecule has 1 saturated carbocycles. The SMILES string of the molecule is [C-]#[N+]/C(C#N)=N/c1cc2c(s1)-c1sc3cc(N=C(C#N)C#N)sc3c1C21CCCCC1. The van der Waals surface area contributed by atoms with E-state index in [0.29, 0.717) is 10.0 Å². The van der Waals surface area contributed by atoms with Gasteiger partial charge in [0.15, 0.2) is 0 Å². The summed E-state index contributed by atoms with van der Waals surface area (Å²) in [7, 11) is 0. The molecule has 148 valence electrons. The molecule has 0 bridgehead atoms. The van der Waals surface area contributed by atoms with Crippen molar-refractivity contribution >= 4 is 65.0 Å². The number of hydrogen-bond acceptors (Lipinski definition) is 8. The van der Waals surface area contributed by atoms with Crippen LogP contribution >= 0.6 is 34.0 Å². The Kier molecular flexibility index (Phi) is 4.69. The molecule has 3 aromatic rings. The van der Waals surface area contributed by atoms with Gasteiger partial charge in [0.2, 0.25) is 10.7 Å². The van der Waals surface area contributed by atoms with E-state index >= 15 is 0 Å². The van der Waals surface area contributed by atoms with E-state index < -0.39 is 0 Å². The molecule has 0 atom stereocenters. The zero-order valence-electron chi connectivity index (χ0n) is 16.1. The first kappa shape index (κ1) is 19.6. The smallest absolute Gasteiger partial charge is 0.350 e. The van der Waals surface area contributed by atoms with E-state index in [4.69, 9.17) is 22.4 Å². The Bertz CT molecular complexity index is 1430. The lowest BCUT2D eigenvalue weighted by molar-refractivity contribution is 0.356. The number of nitrogens with zero attached hydrogens (tertiary/aromatic N) is 6. The van der Waals surface area contributed by atoms with Crippen molar-refractivity contribution < 1.29 is 0 Å². The van der Waals surface area contributed by atoms with Crippen LogP contribution in [0.2, 0.25) is 0 Å². The van der Waals surface area contributed by atoms with Gasteiger partial charge in [-0.25, -0.2) is 10.3 Å². The Morgan fingerprint density at radius 1 is 0.935 bits per heavy atom. The minimum Gasteiger partial charge on any atom is -0.351 e. The van der Waals surface area contributed by atoms with Gasteiger partial charge in [-0.3, -0.25) is 0 Å². The van der Waals surface area contributed by atoms with Crippen molar-refractivity contribution in [3.05, 3.63) is 34.7 Å². The molecule has 0 N–H and O–H groups in total. The van der Waals surface area contributed by atoms with Crippen molar-refractivity contribution in [3.63, 3.8) is 0 Å². The number of amidine groups is 1. The first-order valence-electron chi connectivity index (χ1n) is 9.60. The second-order valence-electron chi connectivity index (χ2n) is 7.40. The summed E-state index contributed by atoms with van der Waals surface area (Å²) in [6.45, 7) is 7.11. The van der Waals surface area contributed by atoms with E-state index in [2.05, 4.69) is 20.9 Å². The van der Waals surface area contributed by atoms with Crippen LogP contribution in [-0.2, 0) is 5.41 Å². The topological polar surface area (TPSA) is 100 Å². The Hall–Kier alpha value is -3.34. The van der Waals surface area contributed by atoms with Gasteiger partial charge in [-0.15, -0.1) is 22.7 Å². The summed E-state index contributed by atoms with van der Waals surface area (Å²) >= 11 is 4.81. The molecule has 0 aliphatic heterocycles. The van der Waals surface area contributed by atoms with Crippen molar-refractivity contribution in [1.82, 2.24) is 0 Å². The highest BCUT2D eigenvalue weighted by Crippen LogP contribution is 2.64. The lowest BCUT2D eigenvalue weighted by Crippen LogP contribution is -2.27. The zero-order chi connectivity index (χ0) is 21.6. The summed E-state index contributed by atoms with van der Waals surface area (Å²) in [5.41, 5.74) is 2.42. The standard InChI is InChI=1S/C22H12N6S3/c1-26-15(11-25)28-16-7-13-19(30-16)21-18(22(13)5-3-2-4-6-22)20-14(29-21)8-17(31-20)27-12(9-23)10-24/h7-8H,2-6H2/b28-15+. The molecule has 1 fully saturated rings. The van der Waals surface area contributed by atoms with E-state index in [-0.39, 0.29) is 17.0 Å². The van der Waals surface area contributed by atoms with E-state index in [1.807, 2.05) is 24.3 Å². The molecule has 0 unspecified atom stereocenters. The van der Waals surface area contributed by atoms with Crippen LogP contribution in [0, 0.1) is 40.6 Å². The van der Waals surface area contributed by atoms with Crippen LogP contribution in [0.5, 0.6) is 0 Å². The van der Waals surface area contributed by atoms with Gasteiger partial charge in [0.05, 0.1) is 14.5 Å². The van der Waals surface area contributed by atoms with E-state index in [9.17, 15) is 0 Å². The maximum absolute atomic E-state index is 9.09. The number of thiophene rings is 3. The predicted molar refractivity (Wildman–Crippen MR) is 125 cm³/mol. The molecule has 5 rings (SSSR count). The number of aliphatic imine (C=N–C) groups is 2. The van der Waals surface area contributed by atoms with Gasteiger partial charge in [-0.2, -0.15) is 10.5 Å². The van der Waals surface area contributed by atoms with Gasteiger partial charge in [0.1, 0.15) is 23.2 Å². The minimum atomic E-state index is -0.140. The van der Waals surface area contributed by atoms with Gasteiger partial charge in [-0.1, -0.05) is 42.2 Å². The molecule has 0 radical (unpaired) electrons. The summed E-state index contributed by atoms with van der Waals surface area (Å²) in [6.07, 6.45) is 5.65. The van der Waals surface area contributed by atoms with Crippen LogP contribution in [-0.4, -0.2) is 11.5 Å². The average Bonchev–Trinajstić information content (AvgIpc) is 3.51. The summed E-state index contributed by atoms with van der Waals surface area (Å²) in [5.74, 6) is -0.140. The maximum Gasteiger partial charge on any atom is 0.350 e. The highest BCUT2D eigenvalue weighted by Gasteiger charge is 2.48. The van der Waals surface area contributed by atoms with Crippen molar-refractivity contribution in [2.45, 2.75) is 37.5 Å². The predicted octanol–water partition coefficient (Wildman–Crippen LogP) is 6.85. The Morgan fingerprint density at radius 2 is 1.68 bits per heavy atom. The van der Waals surface area contributed by atoms with Gasteiger partial charge in [-0.05, 0) is 24.5 Å². The molecular weight excluding hydrogens is 444 g/mol. The van der Waals surface area contributed by atoms with Crippen LogP contribution in [0.25, 0.3) is 24.0 Å². The molecule has 1 spiro atoms. The van der Waals surface area contributed by atoms with E-state index in [1.165, 1.54) is 32.0 Å². The van der Waals surface area contributed by atoms with E-state index in [1.54, 1.807) is 34.0 Å². The second kappa shape index (κ2) is 7.41. The summed E-state index contributed by atoms with van der Waals surface area (Å²) in [6, 6.07) is 9.55. The number of fused-ring (bicyclic) bond motifs is 7. The number of nitriles is 3. The normalized spacial score (nSPS) is 16.1. The molecule has 0 saturated heterocycles. The molecule has 6 nitrogen and oxygen atoms in total. The first-order valence-corrected chi connectivity index (χ1v) is 12.0. The largest absolute Gasteiger partial charge is 0.351 e. The van der Waals surface area contributed by atoms with Crippen molar-refractivity contribution in [1.29, 1.82) is 15.8 Å². The Labute approximate surface area is 190 Å². The third kappa shape index (κ3) is 2.91. The van der Waals surface area contributed by atoms with Gasteiger partial charge in [0, 0.05) is 21.7 Å². The molecular formula is C22H12N6S3. The van der Waals surface area contributed by atoms with Gasteiger partial charge >= 0.3 is 5.84 Å².